The van der Waals surface area contributed by atoms with Crippen LogP contribution in [0.4, 0.5) is 18.3 Å². The van der Waals surface area contributed by atoms with Crippen LogP contribution in [0.15, 0.2) is 42.5 Å². The normalized spacial score (nSPS) is 11.5. The molecular weight excluding hydrogens is 583 g/mol. The fourth-order valence-electron chi connectivity index (χ4n) is 3.48. The van der Waals surface area contributed by atoms with E-state index in [1.165, 1.54) is 17.5 Å². The molecule has 0 bridgehead atoms. The summed E-state index contributed by atoms with van der Waals surface area (Å²) in [6.07, 6.45) is -1.22. The highest BCUT2D eigenvalue weighted by molar-refractivity contribution is 7.18. The molecule has 1 heterocycles. The number of fused-ring (bicyclic) bond motifs is 1. The fraction of sp³-hybridized carbons (Fsp3) is 0.231. The van der Waals surface area contributed by atoms with E-state index in [1.807, 2.05) is 18.2 Å². The number of hydrogen-bond donors (Lipinski definition) is 5. The van der Waals surface area contributed by atoms with Crippen molar-refractivity contribution in [3.63, 3.8) is 0 Å². The minimum atomic E-state index is -5.08. The number of carbonyl (C=O) groups is 5. The fourth-order valence-corrected chi connectivity index (χ4v) is 4.29. The number of nitrogens with zero attached hydrogens (tertiary/aromatic N) is 1. The van der Waals surface area contributed by atoms with Gasteiger partial charge in [-0.3, -0.25) is 19.2 Å². The highest BCUT2D eigenvalue weighted by Gasteiger charge is 2.38. The first-order chi connectivity index (χ1) is 19.8. The van der Waals surface area contributed by atoms with E-state index >= 15 is 0 Å². The quantitative estimate of drug-likeness (QED) is 0.142. The third kappa shape index (κ3) is 9.76. The van der Waals surface area contributed by atoms with Gasteiger partial charge in [0.25, 0.3) is 0 Å². The van der Waals surface area contributed by atoms with Crippen molar-refractivity contribution >= 4 is 46.5 Å². The van der Waals surface area contributed by atoms with Crippen LogP contribution in [-0.2, 0) is 33.8 Å². The molecule has 0 fully saturated rings. The Morgan fingerprint density at radius 1 is 1.05 bits per heavy atom. The Bertz CT molecular complexity index is 1460. The van der Waals surface area contributed by atoms with Crippen molar-refractivity contribution in [2.75, 3.05) is 11.9 Å². The molecule has 0 radical (unpaired) electrons. The maximum Gasteiger partial charge on any atom is 0.490 e. The molecule has 1 aliphatic carbocycles. The van der Waals surface area contributed by atoms with Crippen molar-refractivity contribution in [2.24, 2.45) is 17.2 Å². The van der Waals surface area contributed by atoms with Gasteiger partial charge in [0.15, 0.2) is 5.13 Å². The molecule has 4 rings (SSSR count). The van der Waals surface area contributed by atoms with Crippen LogP contribution >= 0.6 is 11.3 Å². The lowest BCUT2D eigenvalue weighted by molar-refractivity contribution is -0.192. The predicted molar refractivity (Wildman–Crippen MR) is 145 cm³/mol. The van der Waals surface area contributed by atoms with Crippen LogP contribution in [0.2, 0.25) is 0 Å². The number of ketones is 1. The third-order valence-electron chi connectivity index (χ3n) is 5.41. The molecule has 16 heteroatoms. The smallest absolute Gasteiger partial charge is 0.475 e. The van der Waals surface area contributed by atoms with Crippen LogP contribution in [0.25, 0.3) is 0 Å². The van der Waals surface area contributed by atoms with E-state index in [-0.39, 0.29) is 34.9 Å². The third-order valence-corrected chi connectivity index (χ3v) is 6.38. The zero-order chi connectivity index (χ0) is 31.4. The van der Waals surface area contributed by atoms with Gasteiger partial charge in [-0.25, -0.2) is 4.79 Å². The van der Waals surface area contributed by atoms with E-state index in [0.29, 0.717) is 17.5 Å². The minimum Gasteiger partial charge on any atom is -0.475 e. The van der Waals surface area contributed by atoms with Crippen LogP contribution < -0.4 is 27.3 Å². The number of halogens is 3. The molecule has 1 aliphatic rings. The number of esters is 1. The van der Waals surface area contributed by atoms with Crippen LogP contribution in [0.5, 0.6) is 5.88 Å². The minimum absolute atomic E-state index is 0.0883. The predicted octanol–water partition coefficient (Wildman–Crippen LogP) is 2.17. The Kier molecular flexibility index (Phi) is 12.3. The summed E-state index contributed by atoms with van der Waals surface area (Å²) >= 11 is 0.901. The lowest BCUT2D eigenvalue weighted by Crippen LogP contribution is -2.21. The van der Waals surface area contributed by atoms with Gasteiger partial charge in [-0.05, 0) is 54.2 Å². The first-order valence-electron chi connectivity index (χ1n) is 12.0. The van der Waals surface area contributed by atoms with Crippen molar-refractivity contribution in [1.82, 2.24) is 4.98 Å². The standard InChI is InChI=1S/C14H14N4O4S.C10H11NO.C2HF3O2/c15-5-8-2-1-3-9(4-8)11(21)12-13(22-10(20)6-16)18-14(23-12)17-7-19;11-10(12)9-5-4-7-2-1-3-8(7)6-9;3-2(4,5)1(6)7/h1-4,7H,5-6,15-16H2,(H,17,18,19);4-6H,1-3H2,(H2,11,12);(H,6,7). The number of thiazole rings is 1. The molecule has 0 saturated carbocycles. The van der Waals surface area contributed by atoms with Gasteiger partial charge in [0.05, 0.1) is 6.54 Å². The molecule has 0 unspecified atom stereocenters. The molecule has 42 heavy (non-hydrogen) atoms. The number of carboxylic acids is 1. The second-order valence-electron chi connectivity index (χ2n) is 8.33. The number of benzene rings is 2. The second-order valence-corrected chi connectivity index (χ2v) is 9.33. The van der Waals surface area contributed by atoms with Gasteiger partial charge >= 0.3 is 18.1 Å². The molecule has 8 N–H and O–H groups in total. The molecule has 0 aliphatic heterocycles. The summed E-state index contributed by atoms with van der Waals surface area (Å²) in [4.78, 5) is 58.2. The first kappa shape index (κ1) is 33.5. The summed E-state index contributed by atoms with van der Waals surface area (Å²) in [6, 6.07) is 12.5. The lowest BCUT2D eigenvalue weighted by Gasteiger charge is -2.04. The maximum absolute atomic E-state index is 12.6. The second kappa shape index (κ2) is 15.4. The lowest BCUT2D eigenvalue weighted by atomic mass is 10.1. The molecule has 0 atom stereocenters. The van der Waals surface area contributed by atoms with Gasteiger partial charge < -0.3 is 32.4 Å². The molecule has 2 aromatic carbocycles. The van der Waals surface area contributed by atoms with E-state index in [4.69, 9.17) is 31.8 Å². The van der Waals surface area contributed by atoms with Gasteiger partial charge in [-0.15, -0.1) is 0 Å². The number of carboxylic acid groups (broad SMARTS) is 1. The number of anilines is 1. The number of rotatable bonds is 8. The average Bonchev–Trinajstić information content (AvgIpc) is 3.59. The number of hydrogen-bond acceptors (Lipinski definition) is 10. The molecular formula is C26H26F3N5O7S. The van der Waals surface area contributed by atoms with E-state index in [2.05, 4.69) is 10.3 Å². The van der Waals surface area contributed by atoms with Crippen molar-refractivity contribution < 1.29 is 47.0 Å². The summed E-state index contributed by atoms with van der Waals surface area (Å²) in [7, 11) is 0. The Balaban J connectivity index is 0.000000268. The van der Waals surface area contributed by atoms with E-state index in [0.717, 1.165) is 29.7 Å². The van der Waals surface area contributed by atoms with Crippen molar-refractivity contribution in [3.05, 3.63) is 75.2 Å². The Labute approximate surface area is 240 Å². The largest absolute Gasteiger partial charge is 0.490 e. The van der Waals surface area contributed by atoms with Crippen molar-refractivity contribution in [2.45, 2.75) is 32.0 Å². The Morgan fingerprint density at radius 2 is 1.71 bits per heavy atom. The SMILES string of the molecule is NC(=O)c1ccc2c(c1)CCC2.NCC(=O)Oc1nc(NC=O)sc1C(=O)c1cccc(CN)c1.O=C(O)C(F)(F)F. The number of nitrogens with two attached hydrogens (primary N) is 3. The van der Waals surface area contributed by atoms with Crippen molar-refractivity contribution in [3.8, 4) is 5.88 Å². The van der Waals surface area contributed by atoms with E-state index in [9.17, 15) is 32.3 Å². The first-order valence-corrected chi connectivity index (χ1v) is 12.8. The molecule has 1 aromatic heterocycles. The van der Waals surface area contributed by atoms with Crippen LogP contribution in [-0.4, -0.2) is 52.9 Å². The molecule has 2 amide bonds. The summed E-state index contributed by atoms with van der Waals surface area (Å²) in [5.41, 5.74) is 20.4. The zero-order valence-corrected chi connectivity index (χ0v) is 22.6. The van der Waals surface area contributed by atoms with Gasteiger partial charge in [-0.1, -0.05) is 35.6 Å². The Morgan fingerprint density at radius 3 is 2.29 bits per heavy atom. The summed E-state index contributed by atoms with van der Waals surface area (Å²) < 4.78 is 36.7. The summed E-state index contributed by atoms with van der Waals surface area (Å²) in [6.45, 7) is -0.0684. The number of carbonyl (C=O) groups excluding carboxylic acids is 4. The van der Waals surface area contributed by atoms with Gasteiger partial charge in [0.2, 0.25) is 24.0 Å². The van der Waals surface area contributed by atoms with Crippen LogP contribution in [0, 0.1) is 0 Å². The Hall–Kier alpha value is -4.67. The number of aromatic nitrogens is 1. The molecule has 0 saturated heterocycles. The molecule has 224 valence electrons. The zero-order valence-electron chi connectivity index (χ0n) is 21.8. The van der Waals surface area contributed by atoms with E-state index in [1.54, 1.807) is 24.3 Å². The highest BCUT2D eigenvalue weighted by Crippen LogP contribution is 2.31. The monoisotopic (exact) mass is 609 g/mol. The number of aryl methyl sites for hydroxylation is 2. The summed E-state index contributed by atoms with van der Waals surface area (Å²) in [5, 5.41) is 9.58. The number of alkyl halides is 3. The van der Waals surface area contributed by atoms with E-state index < -0.39 is 23.9 Å². The van der Waals surface area contributed by atoms with Gasteiger partial charge in [-0.2, -0.15) is 18.2 Å². The van der Waals surface area contributed by atoms with Gasteiger partial charge in [0, 0.05) is 17.7 Å². The number of ether oxygens (including phenoxy) is 1. The topological polar surface area (TPSA) is 218 Å². The highest BCUT2D eigenvalue weighted by atomic mass is 32.1. The maximum atomic E-state index is 12.6. The average molecular weight is 610 g/mol. The summed E-state index contributed by atoms with van der Waals surface area (Å²) in [5.74, 6) is -4.40. The van der Waals surface area contributed by atoms with Gasteiger partial charge in [0.1, 0.15) is 4.88 Å². The number of nitrogens with one attached hydrogen (secondary N) is 1. The number of amides is 2. The molecule has 0 spiro atoms. The molecule has 3 aromatic rings. The van der Waals surface area contributed by atoms with Crippen LogP contribution in [0.1, 0.15) is 48.7 Å². The molecule has 12 nitrogen and oxygen atoms in total. The van der Waals surface area contributed by atoms with Crippen molar-refractivity contribution in [1.29, 1.82) is 0 Å². The number of primary amides is 1. The number of aliphatic carboxylic acids is 1. The van der Waals surface area contributed by atoms with Crippen LogP contribution in [0.3, 0.4) is 0 Å².